The van der Waals surface area contributed by atoms with Gasteiger partial charge in [-0.15, -0.1) is 0 Å². The SMILES string of the molecule is O=[N+]([O-])c1ccc2ccc([N+](=O)[O-])c3c2c1N=CN3. The van der Waals surface area contributed by atoms with Crippen molar-refractivity contribution in [3.05, 3.63) is 44.5 Å². The predicted molar refractivity (Wildman–Crippen MR) is 69.0 cm³/mol. The van der Waals surface area contributed by atoms with Gasteiger partial charge >= 0.3 is 0 Å². The minimum Gasteiger partial charge on any atom is -0.340 e. The maximum atomic E-state index is 11.0. The van der Waals surface area contributed by atoms with Crippen LogP contribution in [0.3, 0.4) is 0 Å². The fourth-order valence-electron chi connectivity index (χ4n) is 2.12. The van der Waals surface area contributed by atoms with Gasteiger partial charge in [0.1, 0.15) is 5.69 Å². The Bertz CT molecular complexity index is 764. The number of hydrogen-bond donors (Lipinski definition) is 1. The summed E-state index contributed by atoms with van der Waals surface area (Å²) in [6.45, 7) is 0. The molecule has 2 aromatic carbocycles. The van der Waals surface area contributed by atoms with Gasteiger partial charge in [0, 0.05) is 17.5 Å². The molecule has 1 aliphatic heterocycles. The molecule has 0 radical (unpaired) electrons. The molecule has 0 aliphatic carbocycles. The van der Waals surface area contributed by atoms with Crippen molar-refractivity contribution in [3.8, 4) is 0 Å². The number of benzene rings is 2. The van der Waals surface area contributed by atoms with Crippen LogP contribution in [0.2, 0.25) is 0 Å². The summed E-state index contributed by atoms with van der Waals surface area (Å²) >= 11 is 0. The average Bonchev–Trinajstić information content (AvgIpc) is 2.39. The Labute approximate surface area is 105 Å². The zero-order valence-corrected chi connectivity index (χ0v) is 9.36. The number of rotatable bonds is 2. The number of anilines is 1. The van der Waals surface area contributed by atoms with Gasteiger partial charge in [-0.3, -0.25) is 20.2 Å². The number of aliphatic imine (C=N–C) groups is 1. The van der Waals surface area contributed by atoms with E-state index in [-0.39, 0.29) is 22.7 Å². The molecule has 8 nitrogen and oxygen atoms in total. The summed E-state index contributed by atoms with van der Waals surface area (Å²) in [4.78, 5) is 24.8. The summed E-state index contributed by atoms with van der Waals surface area (Å²) in [5, 5.41) is 25.7. The van der Waals surface area contributed by atoms with Gasteiger partial charge in [0.25, 0.3) is 11.4 Å². The molecule has 19 heavy (non-hydrogen) atoms. The molecule has 1 aliphatic rings. The highest BCUT2D eigenvalue weighted by molar-refractivity contribution is 6.13. The summed E-state index contributed by atoms with van der Waals surface area (Å²) in [7, 11) is 0. The Morgan fingerprint density at radius 1 is 1.00 bits per heavy atom. The third-order valence-electron chi connectivity index (χ3n) is 2.91. The lowest BCUT2D eigenvalue weighted by Crippen LogP contribution is -2.05. The van der Waals surface area contributed by atoms with Crippen molar-refractivity contribution in [1.82, 2.24) is 0 Å². The number of hydrogen-bond acceptors (Lipinski definition) is 6. The van der Waals surface area contributed by atoms with Crippen molar-refractivity contribution in [1.29, 1.82) is 0 Å². The monoisotopic (exact) mass is 258 g/mol. The van der Waals surface area contributed by atoms with E-state index in [0.717, 1.165) is 0 Å². The molecule has 0 bridgehead atoms. The lowest BCUT2D eigenvalue weighted by molar-refractivity contribution is -0.384. The average molecular weight is 258 g/mol. The third kappa shape index (κ3) is 1.50. The van der Waals surface area contributed by atoms with Gasteiger partial charge in [-0.25, -0.2) is 4.99 Å². The molecule has 3 rings (SSSR count). The second kappa shape index (κ2) is 3.73. The fraction of sp³-hybridized carbons (Fsp3) is 0. The quantitative estimate of drug-likeness (QED) is 0.657. The van der Waals surface area contributed by atoms with E-state index in [0.29, 0.717) is 10.8 Å². The van der Waals surface area contributed by atoms with Crippen LogP contribution in [0.15, 0.2) is 29.3 Å². The van der Waals surface area contributed by atoms with Crippen LogP contribution in [0, 0.1) is 20.2 Å². The first-order valence-corrected chi connectivity index (χ1v) is 5.27. The molecule has 0 saturated heterocycles. The molecule has 2 aromatic rings. The van der Waals surface area contributed by atoms with E-state index in [1.807, 2.05) is 0 Å². The Morgan fingerprint density at radius 3 is 2.26 bits per heavy atom. The van der Waals surface area contributed by atoms with Crippen molar-refractivity contribution in [3.63, 3.8) is 0 Å². The molecule has 94 valence electrons. The Hall–Kier alpha value is -3.03. The second-order valence-electron chi connectivity index (χ2n) is 3.91. The second-order valence-corrected chi connectivity index (χ2v) is 3.91. The van der Waals surface area contributed by atoms with Gasteiger partial charge in [-0.2, -0.15) is 0 Å². The molecule has 0 amide bonds. The summed E-state index contributed by atoms with van der Waals surface area (Å²) in [6.07, 6.45) is 1.22. The van der Waals surface area contributed by atoms with Crippen LogP contribution in [0.5, 0.6) is 0 Å². The maximum absolute atomic E-state index is 11.0. The zero-order chi connectivity index (χ0) is 13.6. The standard InChI is InChI=1S/C11H6N4O4/c16-14(17)7-3-1-6-2-4-8(15(18)19)11-9(6)10(7)12-5-13-11/h1-5H,(H,12,13). The highest BCUT2D eigenvalue weighted by Gasteiger charge is 2.25. The first-order chi connectivity index (χ1) is 9.09. The van der Waals surface area contributed by atoms with Crippen molar-refractivity contribution >= 4 is 39.9 Å². The minimum absolute atomic E-state index is 0.139. The highest BCUT2D eigenvalue weighted by atomic mass is 16.6. The van der Waals surface area contributed by atoms with Gasteiger partial charge in [0.05, 0.1) is 16.2 Å². The molecule has 0 aromatic heterocycles. The number of nitro benzene ring substituents is 2. The minimum atomic E-state index is -0.556. The van der Waals surface area contributed by atoms with Crippen molar-refractivity contribution in [2.45, 2.75) is 0 Å². The van der Waals surface area contributed by atoms with Gasteiger partial charge < -0.3 is 5.32 Å². The van der Waals surface area contributed by atoms with Gasteiger partial charge in [-0.1, -0.05) is 0 Å². The summed E-state index contributed by atoms with van der Waals surface area (Å²) < 4.78 is 0. The van der Waals surface area contributed by atoms with Gasteiger partial charge in [0.15, 0.2) is 5.69 Å². The summed E-state index contributed by atoms with van der Waals surface area (Å²) in [6, 6.07) is 5.80. The summed E-state index contributed by atoms with van der Waals surface area (Å²) in [5.74, 6) is 0. The maximum Gasteiger partial charge on any atom is 0.295 e. The molecular formula is C11H6N4O4. The van der Waals surface area contributed by atoms with Crippen LogP contribution in [-0.4, -0.2) is 16.2 Å². The fourth-order valence-corrected chi connectivity index (χ4v) is 2.12. The molecule has 8 heteroatoms. The zero-order valence-electron chi connectivity index (χ0n) is 9.36. The largest absolute Gasteiger partial charge is 0.340 e. The van der Waals surface area contributed by atoms with Crippen molar-refractivity contribution < 1.29 is 9.85 Å². The highest BCUT2D eigenvalue weighted by Crippen LogP contribution is 2.44. The lowest BCUT2D eigenvalue weighted by Gasteiger charge is -2.13. The topological polar surface area (TPSA) is 111 Å². The molecule has 0 fully saturated rings. The van der Waals surface area contributed by atoms with Gasteiger partial charge in [-0.05, 0) is 17.5 Å². The van der Waals surface area contributed by atoms with E-state index >= 15 is 0 Å². The Morgan fingerprint density at radius 2 is 1.63 bits per heavy atom. The number of nitrogens with zero attached hydrogens (tertiary/aromatic N) is 3. The number of nitrogens with one attached hydrogen (secondary N) is 1. The van der Waals surface area contributed by atoms with E-state index in [9.17, 15) is 20.2 Å². The van der Waals surface area contributed by atoms with Crippen molar-refractivity contribution in [2.75, 3.05) is 5.32 Å². The molecule has 0 spiro atoms. The van der Waals surface area contributed by atoms with Crippen LogP contribution in [-0.2, 0) is 0 Å². The van der Waals surface area contributed by atoms with E-state index in [2.05, 4.69) is 10.3 Å². The van der Waals surface area contributed by atoms with Crippen LogP contribution in [0.4, 0.5) is 22.7 Å². The molecule has 0 saturated carbocycles. The van der Waals surface area contributed by atoms with E-state index in [1.54, 1.807) is 12.1 Å². The number of nitro groups is 2. The lowest BCUT2D eigenvalue weighted by atomic mass is 10.0. The Balaban J connectivity index is 2.47. The third-order valence-corrected chi connectivity index (χ3v) is 2.91. The summed E-state index contributed by atoms with van der Waals surface area (Å²) in [5.41, 5.74) is 0.0588. The molecule has 1 N–H and O–H groups in total. The molecule has 0 atom stereocenters. The molecule has 1 heterocycles. The van der Waals surface area contributed by atoms with Crippen LogP contribution >= 0.6 is 0 Å². The van der Waals surface area contributed by atoms with Gasteiger partial charge in [0.2, 0.25) is 0 Å². The van der Waals surface area contributed by atoms with E-state index < -0.39 is 9.85 Å². The van der Waals surface area contributed by atoms with Crippen LogP contribution in [0.1, 0.15) is 0 Å². The van der Waals surface area contributed by atoms with E-state index in [4.69, 9.17) is 0 Å². The molecule has 0 unspecified atom stereocenters. The first-order valence-electron chi connectivity index (χ1n) is 5.27. The molecular weight excluding hydrogens is 252 g/mol. The Kier molecular flexibility index (Phi) is 2.18. The van der Waals surface area contributed by atoms with Crippen LogP contribution < -0.4 is 5.32 Å². The normalized spacial score (nSPS) is 12.2. The first kappa shape index (κ1) is 11.1. The predicted octanol–water partition coefficient (Wildman–Crippen LogP) is 2.74. The van der Waals surface area contributed by atoms with E-state index in [1.165, 1.54) is 18.5 Å². The van der Waals surface area contributed by atoms with Crippen LogP contribution in [0.25, 0.3) is 10.8 Å². The smallest absolute Gasteiger partial charge is 0.295 e. The van der Waals surface area contributed by atoms with Crippen molar-refractivity contribution in [2.24, 2.45) is 4.99 Å².